The summed E-state index contributed by atoms with van der Waals surface area (Å²) in [5, 5.41) is 6.09. The number of rotatable bonds is 6. The van der Waals surface area contributed by atoms with Gasteiger partial charge in [0.2, 0.25) is 0 Å². The van der Waals surface area contributed by atoms with Crippen molar-refractivity contribution in [2.45, 2.75) is 26.2 Å². The summed E-state index contributed by atoms with van der Waals surface area (Å²) in [4.78, 5) is 24.9. The molecular formula is C25H25ClN2O3. The van der Waals surface area contributed by atoms with Gasteiger partial charge in [-0.1, -0.05) is 62.7 Å². The minimum Gasteiger partial charge on any atom is -0.483 e. The first-order valence-electron chi connectivity index (χ1n) is 9.91. The molecule has 0 unspecified atom stereocenters. The molecule has 0 heterocycles. The smallest absolute Gasteiger partial charge is 0.262 e. The molecule has 0 aliphatic carbocycles. The van der Waals surface area contributed by atoms with Crippen LogP contribution in [0.4, 0.5) is 11.4 Å². The van der Waals surface area contributed by atoms with E-state index in [1.165, 1.54) is 0 Å². The Labute approximate surface area is 187 Å². The number of benzene rings is 3. The highest BCUT2D eigenvalue weighted by molar-refractivity contribution is 6.31. The summed E-state index contributed by atoms with van der Waals surface area (Å²) in [5.74, 6) is 0.0737. The molecule has 3 rings (SSSR count). The van der Waals surface area contributed by atoms with Crippen molar-refractivity contribution in [2.75, 3.05) is 17.2 Å². The van der Waals surface area contributed by atoms with Crippen molar-refractivity contribution < 1.29 is 14.3 Å². The monoisotopic (exact) mass is 436 g/mol. The van der Waals surface area contributed by atoms with Crippen LogP contribution in [0.15, 0.2) is 72.8 Å². The number of nitrogens with one attached hydrogen (secondary N) is 2. The van der Waals surface area contributed by atoms with Crippen molar-refractivity contribution in [1.82, 2.24) is 0 Å². The third-order valence-corrected chi connectivity index (χ3v) is 4.78. The molecule has 0 bridgehead atoms. The molecule has 31 heavy (non-hydrogen) atoms. The minimum absolute atomic E-state index is 0.0995. The Bertz CT molecular complexity index is 1090. The molecular weight excluding hydrogens is 412 g/mol. The van der Waals surface area contributed by atoms with E-state index >= 15 is 0 Å². The third kappa shape index (κ3) is 6.33. The molecule has 0 atom stereocenters. The van der Waals surface area contributed by atoms with Crippen LogP contribution in [0.3, 0.4) is 0 Å². The zero-order valence-corrected chi connectivity index (χ0v) is 18.5. The van der Waals surface area contributed by atoms with Crippen molar-refractivity contribution in [3.8, 4) is 5.75 Å². The number of anilines is 2. The summed E-state index contributed by atoms with van der Waals surface area (Å²) in [6.45, 7) is 6.14. The Kier molecular flexibility index (Phi) is 6.98. The van der Waals surface area contributed by atoms with Crippen LogP contribution in [0.2, 0.25) is 5.02 Å². The van der Waals surface area contributed by atoms with Crippen molar-refractivity contribution in [3.05, 3.63) is 88.9 Å². The maximum atomic E-state index is 12.5. The first-order chi connectivity index (χ1) is 14.7. The van der Waals surface area contributed by atoms with Crippen molar-refractivity contribution in [3.63, 3.8) is 0 Å². The SMILES string of the molecule is CC(C)(C)c1ccccc1OCC(=O)Nc1cccc(C(=O)Nc2cccc(Cl)c2)c1. The van der Waals surface area contributed by atoms with Gasteiger partial charge in [0, 0.05) is 22.0 Å². The molecule has 2 amide bonds. The molecule has 3 aromatic rings. The molecule has 0 fully saturated rings. The molecule has 160 valence electrons. The molecule has 3 aromatic carbocycles. The highest BCUT2D eigenvalue weighted by atomic mass is 35.5. The lowest BCUT2D eigenvalue weighted by Crippen LogP contribution is -2.22. The fourth-order valence-corrected chi connectivity index (χ4v) is 3.25. The lowest BCUT2D eigenvalue weighted by atomic mass is 9.86. The predicted molar refractivity (Wildman–Crippen MR) is 125 cm³/mol. The van der Waals surface area contributed by atoms with Crippen LogP contribution in [0.25, 0.3) is 0 Å². The maximum Gasteiger partial charge on any atom is 0.262 e. The molecule has 0 radical (unpaired) electrons. The zero-order chi connectivity index (χ0) is 22.4. The zero-order valence-electron chi connectivity index (χ0n) is 17.7. The summed E-state index contributed by atoms with van der Waals surface area (Å²) < 4.78 is 5.76. The maximum absolute atomic E-state index is 12.5. The average molecular weight is 437 g/mol. The van der Waals surface area contributed by atoms with Gasteiger partial charge in [-0.05, 0) is 53.4 Å². The van der Waals surface area contributed by atoms with E-state index in [0.29, 0.717) is 27.7 Å². The Morgan fingerprint density at radius 3 is 2.26 bits per heavy atom. The molecule has 0 aliphatic rings. The second kappa shape index (κ2) is 9.67. The van der Waals surface area contributed by atoms with Gasteiger partial charge in [0.25, 0.3) is 11.8 Å². The van der Waals surface area contributed by atoms with E-state index in [1.807, 2.05) is 24.3 Å². The number of carbonyl (C=O) groups excluding carboxylic acids is 2. The van der Waals surface area contributed by atoms with Crippen LogP contribution in [0.1, 0.15) is 36.7 Å². The van der Waals surface area contributed by atoms with E-state index < -0.39 is 0 Å². The van der Waals surface area contributed by atoms with E-state index in [4.69, 9.17) is 16.3 Å². The fraction of sp³-hybridized carbons (Fsp3) is 0.200. The van der Waals surface area contributed by atoms with Crippen LogP contribution >= 0.6 is 11.6 Å². The van der Waals surface area contributed by atoms with E-state index in [1.54, 1.807) is 48.5 Å². The summed E-state index contributed by atoms with van der Waals surface area (Å²) in [6.07, 6.45) is 0. The van der Waals surface area contributed by atoms with Crippen molar-refractivity contribution in [1.29, 1.82) is 0 Å². The molecule has 2 N–H and O–H groups in total. The lowest BCUT2D eigenvalue weighted by Gasteiger charge is -2.22. The van der Waals surface area contributed by atoms with E-state index in [9.17, 15) is 9.59 Å². The topological polar surface area (TPSA) is 67.4 Å². The van der Waals surface area contributed by atoms with Crippen molar-refractivity contribution >= 4 is 34.8 Å². The number of amides is 2. The Morgan fingerprint density at radius 2 is 1.55 bits per heavy atom. The standard InChI is InChI=1S/C25H25ClN2O3/c1-25(2,3)21-12-4-5-13-22(21)31-16-23(29)27-19-10-6-8-17(14-19)24(30)28-20-11-7-9-18(26)15-20/h4-15H,16H2,1-3H3,(H,27,29)(H,28,30). The minimum atomic E-state index is -0.309. The van der Waals surface area contributed by atoms with Gasteiger partial charge in [-0.3, -0.25) is 9.59 Å². The Balaban J connectivity index is 1.62. The number of halogens is 1. The van der Waals surface area contributed by atoms with E-state index in [2.05, 4.69) is 31.4 Å². The molecule has 0 saturated carbocycles. The Hall–Kier alpha value is -3.31. The van der Waals surface area contributed by atoms with Crippen molar-refractivity contribution in [2.24, 2.45) is 0 Å². The Morgan fingerprint density at radius 1 is 0.871 bits per heavy atom. The third-order valence-electron chi connectivity index (χ3n) is 4.54. The molecule has 6 heteroatoms. The van der Waals surface area contributed by atoms with Gasteiger partial charge in [-0.2, -0.15) is 0 Å². The van der Waals surface area contributed by atoms with Crippen LogP contribution in [0.5, 0.6) is 5.75 Å². The van der Waals surface area contributed by atoms with Gasteiger partial charge in [-0.25, -0.2) is 0 Å². The summed E-state index contributed by atoms with van der Waals surface area (Å²) in [5.41, 5.74) is 2.45. The first-order valence-corrected chi connectivity index (χ1v) is 10.3. The number of carbonyl (C=O) groups is 2. The van der Waals surface area contributed by atoms with Gasteiger partial charge in [-0.15, -0.1) is 0 Å². The van der Waals surface area contributed by atoms with Crippen LogP contribution in [-0.2, 0) is 10.2 Å². The van der Waals surface area contributed by atoms with Crippen LogP contribution < -0.4 is 15.4 Å². The highest BCUT2D eigenvalue weighted by Crippen LogP contribution is 2.30. The number of hydrogen-bond acceptors (Lipinski definition) is 3. The molecule has 5 nitrogen and oxygen atoms in total. The second-order valence-electron chi connectivity index (χ2n) is 8.13. The van der Waals surface area contributed by atoms with Gasteiger partial charge >= 0.3 is 0 Å². The summed E-state index contributed by atoms with van der Waals surface area (Å²) >= 11 is 5.95. The number of hydrogen-bond donors (Lipinski definition) is 2. The number of ether oxygens (including phenoxy) is 1. The van der Waals surface area contributed by atoms with Gasteiger partial charge < -0.3 is 15.4 Å². The van der Waals surface area contributed by atoms with Gasteiger partial charge in [0.1, 0.15) is 5.75 Å². The van der Waals surface area contributed by atoms with Crippen LogP contribution in [-0.4, -0.2) is 18.4 Å². The molecule has 0 saturated heterocycles. The normalized spacial score (nSPS) is 11.0. The lowest BCUT2D eigenvalue weighted by molar-refractivity contribution is -0.118. The fourth-order valence-electron chi connectivity index (χ4n) is 3.06. The second-order valence-corrected chi connectivity index (χ2v) is 8.56. The molecule has 0 aromatic heterocycles. The quantitative estimate of drug-likeness (QED) is 0.505. The first kappa shape index (κ1) is 22.4. The molecule has 0 aliphatic heterocycles. The number of para-hydroxylation sites is 1. The van der Waals surface area contributed by atoms with E-state index in [-0.39, 0.29) is 23.8 Å². The largest absolute Gasteiger partial charge is 0.483 e. The van der Waals surface area contributed by atoms with Gasteiger partial charge in [0.05, 0.1) is 0 Å². The highest BCUT2D eigenvalue weighted by Gasteiger charge is 2.19. The average Bonchev–Trinajstić information content (AvgIpc) is 2.72. The van der Waals surface area contributed by atoms with Gasteiger partial charge in [0.15, 0.2) is 6.61 Å². The van der Waals surface area contributed by atoms with E-state index in [0.717, 1.165) is 5.56 Å². The van der Waals surface area contributed by atoms with Crippen LogP contribution in [0, 0.1) is 0 Å². The summed E-state index contributed by atoms with van der Waals surface area (Å²) in [7, 11) is 0. The predicted octanol–water partition coefficient (Wildman–Crippen LogP) is 5.91. The summed E-state index contributed by atoms with van der Waals surface area (Å²) in [6, 6.07) is 21.3. The molecule has 0 spiro atoms.